The Hall–Kier alpha value is -1.13. The molecule has 0 radical (unpaired) electrons. The first-order valence-electron chi connectivity index (χ1n) is 5.53. The molecular weight excluding hydrogens is 188 g/mol. The van der Waals surface area contributed by atoms with E-state index in [1.807, 2.05) is 12.1 Å². The van der Waals surface area contributed by atoms with Gasteiger partial charge in [-0.1, -0.05) is 6.42 Å². The molecule has 1 fully saturated rings. The number of hydrazine groups is 1. The van der Waals surface area contributed by atoms with Crippen molar-refractivity contribution in [2.75, 3.05) is 18.8 Å². The molecule has 0 bridgehead atoms. The van der Waals surface area contributed by atoms with Crippen LogP contribution in [-0.2, 0) is 6.54 Å². The van der Waals surface area contributed by atoms with Crippen LogP contribution in [0.2, 0.25) is 0 Å². The van der Waals surface area contributed by atoms with E-state index in [9.17, 15) is 0 Å². The highest BCUT2D eigenvalue weighted by molar-refractivity contribution is 5.31. The molecule has 1 aromatic rings. The van der Waals surface area contributed by atoms with Crippen LogP contribution >= 0.6 is 0 Å². The Morgan fingerprint density at radius 1 is 1.33 bits per heavy atom. The van der Waals surface area contributed by atoms with Crippen LogP contribution in [0.5, 0.6) is 0 Å². The molecular formula is C11H18N4. The minimum Gasteiger partial charge on any atom is -0.384 e. The second-order valence-electron chi connectivity index (χ2n) is 3.97. The summed E-state index contributed by atoms with van der Waals surface area (Å²) in [7, 11) is 0. The summed E-state index contributed by atoms with van der Waals surface area (Å²) in [6, 6.07) is 3.91. The van der Waals surface area contributed by atoms with Crippen molar-refractivity contribution in [2.24, 2.45) is 0 Å². The third-order valence-corrected chi connectivity index (χ3v) is 2.71. The fourth-order valence-corrected chi connectivity index (χ4v) is 1.86. The van der Waals surface area contributed by atoms with Crippen molar-refractivity contribution < 1.29 is 0 Å². The maximum absolute atomic E-state index is 5.61. The van der Waals surface area contributed by atoms with Crippen LogP contribution < -0.4 is 11.2 Å². The molecule has 4 nitrogen and oxygen atoms in total. The first-order valence-corrected chi connectivity index (χ1v) is 5.53. The molecule has 0 aromatic carbocycles. The van der Waals surface area contributed by atoms with E-state index >= 15 is 0 Å². The van der Waals surface area contributed by atoms with Gasteiger partial charge in [0.15, 0.2) is 0 Å². The molecule has 15 heavy (non-hydrogen) atoms. The van der Waals surface area contributed by atoms with Gasteiger partial charge < -0.3 is 5.73 Å². The molecule has 0 atom stereocenters. The molecule has 1 saturated heterocycles. The van der Waals surface area contributed by atoms with Crippen LogP contribution in [0.1, 0.15) is 24.8 Å². The molecule has 2 heterocycles. The highest BCUT2D eigenvalue weighted by Gasteiger charge is 2.08. The molecule has 2 rings (SSSR count). The maximum atomic E-state index is 5.61. The smallest absolute Gasteiger partial charge is 0.123 e. The minimum atomic E-state index is 0.591. The van der Waals surface area contributed by atoms with Crippen LogP contribution in [0.25, 0.3) is 0 Å². The van der Waals surface area contributed by atoms with E-state index < -0.39 is 0 Å². The number of anilines is 1. The number of nitrogens with two attached hydrogens (primary N) is 1. The predicted molar refractivity (Wildman–Crippen MR) is 60.9 cm³/mol. The summed E-state index contributed by atoms with van der Waals surface area (Å²) in [5.74, 6) is 0.591. The Labute approximate surface area is 90.5 Å². The Morgan fingerprint density at radius 2 is 2.13 bits per heavy atom. The van der Waals surface area contributed by atoms with Gasteiger partial charge in [0.1, 0.15) is 5.82 Å². The Bertz CT molecular complexity index is 307. The maximum Gasteiger partial charge on any atom is 0.123 e. The van der Waals surface area contributed by atoms with Gasteiger partial charge in [0.2, 0.25) is 0 Å². The van der Waals surface area contributed by atoms with Gasteiger partial charge in [-0.05, 0) is 30.5 Å². The first-order chi connectivity index (χ1) is 7.34. The average molecular weight is 206 g/mol. The summed E-state index contributed by atoms with van der Waals surface area (Å²) in [6.45, 7) is 3.15. The van der Waals surface area contributed by atoms with E-state index in [1.54, 1.807) is 6.20 Å². The molecule has 0 amide bonds. The summed E-state index contributed by atoms with van der Waals surface area (Å²) in [4.78, 5) is 3.97. The first kappa shape index (κ1) is 10.4. The zero-order chi connectivity index (χ0) is 10.5. The second-order valence-corrected chi connectivity index (χ2v) is 3.97. The highest BCUT2D eigenvalue weighted by Crippen LogP contribution is 2.07. The number of hydrogen-bond acceptors (Lipinski definition) is 4. The van der Waals surface area contributed by atoms with Gasteiger partial charge >= 0.3 is 0 Å². The molecule has 3 N–H and O–H groups in total. The number of hydrogen-bond donors (Lipinski definition) is 2. The number of piperidine rings is 1. The molecule has 1 aromatic heterocycles. The van der Waals surface area contributed by atoms with E-state index in [4.69, 9.17) is 5.73 Å². The van der Waals surface area contributed by atoms with Gasteiger partial charge in [0.25, 0.3) is 0 Å². The largest absolute Gasteiger partial charge is 0.384 e. The summed E-state index contributed by atoms with van der Waals surface area (Å²) in [6.07, 6.45) is 5.71. The lowest BCUT2D eigenvalue weighted by Gasteiger charge is -2.27. The van der Waals surface area contributed by atoms with Gasteiger partial charge in [-0.2, -0.15) is 0 Å². The zero-order valence-electron chi connectivity index (χ0n) is 8.95. The minimum absolute atomic E-state index is 0.591. The number of rotatable bonds is 3. The van der Waals surface area contributed by atoms with Crippen LogP contribution in [0.15, 0.2) is 18.3 Å². The monoisotopic (exact) mass is 206 g/mol. The van der Waals surface area contributed by atoms with E-state index in [-0.39, 0.29) is 0 Å². The lowest BCUT2D eigenvalue weighted by atomic mass is 10.2. The zero-order valence-corrected chi connectivity index (χ0v) is 8.95. The SMILES string of the molecule is Nc1cc(CNN2CCCCC2)ccn1. The van der Waals surface area contributed by atoms with Crippen LogP contribution in [-0.4, -0.2) is 23.1 Å². The van der Waals surface area contributed by atoms with E-state index in [0.717, 1.165) is 19.6 Å². The third-order valence-electron chi connectivity index (χ3n) is 2.71. The van der Waals surface area contributed by atoms with Gasteiger partial charge in [-0.15, -0.1) is 0 Å². The van der Waals surface area contributed by atoms with Crippen molar-refractivity contribution in [3.8, 4) is 0 Å². The second kappa shape index (κ2) is 5.09. The lowest BCUT2D eigenvalue weighted by Crippen LogP contribution is -2.41. The number of nitrogen functional groups attached to an aromatic ring is 1. The average Bonchev–Trinajstić information content (AvgIpc) is 2.28. The molecule has 1 aliphatic heterocycles. The Morgan fingerprint density at radius 3 is 2.87 bits per heavy atom. The Balaban J connectivity index is 1.81. The van der Waals surface area contributed by atoms with Crippen LogP contribution in [0.3, 0.4) is 0 Å². The van der Waals surface area contributed by atoms with E-state index in [0.29, 0.717) is 5.82 Å². The summed E-state index contributed by atoms with van der Waals surface area (Å²) < 4.78 is 0. The van der Waals surface area contributed by atoms with Crippen molar-refractivity contribution in [1.29, 1.82) is 0 Å². The van der Waals surface area contributed by atoms with Crippen LogP contribution in [0, 0.1) is 0 Å². The van der Waals surface area contributed by atoms with Crippen molar-refractivity contribution in [3.05, 3.63) is 23.9 Å². The van der Waals surface area contributed by atoms with Gasteiger partial charge in [-0.3, -0.25) is 5.43 Å². The standard InChI is InChI=1S/C11H18N4/c12-11-8-10(4-5-13-11)9-14-15-6-2-1-3-7-15/h4-5,8,14H,1-3,6-7,9H2,(H2,12,13). The molecule has 82 valence electrons. The number of nitrogens with one attached hydrogen (secondary N) is 1. The van der Waals surface area contributed by atoms with Gasteiger partial charge in [0, 0.05) is 25.8 Å². The van der Waals surface area contributed by atoms with E-state index in [1.165, 1.54) is 24.8 Å². The molecule has 0 saturated carbocycles. The number of nitrogens with zero attached hydrogens (tertiary/aromatic N) is 2. The summed E-state index contributed by atoms with van der Waals surface area (Å²) in [5, 5.41) is 2.29. The van der Waals surface area contributed by atoms with Crippen molar-refractivity contribution in [3.63, 3.8) is 0 Å². The van der Waals surface area contributed by atoms with Crippen molar-refractivity contribution >= 4 is 5.82 Å². The summed E-state index contributed by atoms with van der Waals surface area (Å²) in [5.41, 5.74) is 10.2. The third kappa shape index (κ3) is 3.18. The fraction of sp³-hybridized carbons (Fsp3) is 0.545. The van der Waals surface area contributed by atoms with Crippen LogP contribution in [0.4, 0.5) is 5.82 Å². The van der Waals surface area contributed by atoms with Crippen molar-refractivity contribution in [2.45, 2.75) is 25.8 Å². The molecule has 0 spiro atoms. The van der Waals surface area contributed by atoms with Gasteiger partial charge in [0.05, 0.1) is 0 Å². The number of aromatic nitrogens is 1. The topological polar surface area (TPSA) is 54.2 Å². The fourth-order valence-electron chi connectivity index (χ4n) is 1.86. The Kier molecular flexibility index (Phi) is 3.53. The van der Waals surface area contributed by atoms with Crippen molar-refractivity contribution in [1.82, 2.24) is 15.4 Å². The molecule has 0 aliphatic carbocycles. The molecule has 1 aliphatic rings. The number of pyridine rings is 1. The summed E-state index contributed by atoms with van der Waals surface area (Å²) >= 11 is 0. The quantitative estimate of drug-likeness (QED) is 0.779. The van der Waals surface area contributed by atoms with E-state index in [2.05, 4.69) is 15.4 Å². The molecule has 4 heteroatoms. The lowest BCUT2D eigenvalue weighted by molar-refractivity contribution is 0.151. The normalized spacial score (nSPS) is 17.9. The predicted octanol–water partition coefficient (Wildman–Crippen LogP) is 1.15. The molecule has 0 unspecified atom stereocenters. The highest BCUT2D eigenvalue weighted by atomic mass is 15.5. The van der Waals surface area contributed by atoms with Gasteiger partial charge in [-0.25, -0.2) is 9.99 Å².